The summed E-state index contributed by atoms with van der Waals surface area (Å²) in [4.78, 5) is 0. The number of phosphoric ester groups is 1. The van der Waals surface area contributed by atoms with Gasteiger partial charge in [0.2, 0.25) is 0 Å². The molecule has 0 aliphatic heterocycles. The summed E-state index contributed by atoms with van der Waals surface area (Å²) in [5, 5.41) is 0.454. The molecule has 0 fully saturated rings. The zero-order chi connectivity index (χ0) is 13.8. The van der Waals surface area contributed by atoms with E-state index >= 15 is 0 Å². The van der Waals surface area contributed by atoms with Crippen LogP contribution < -0.4 is 4.52 Å². The van der Waals surface area contributed by atoms with Gasteiger partial charge in [-0.3, -0.25) is 9.05 Å². The molecule has 0 atom stereocenters. The average Bonchev–Trinajstić information content (AvgIpc) is 2.31. The fourth-order valence-electron chi connectivity index (χ4n) is 1.11. The maximum atomic E-state index is 12.1. The molecule has 0 aromatic heterocycles. The highest BCUT2D eigenvalue weighted by Crippen LogP contribution is 2.52. The molecule has 0 bridgehead atoms. The van der Waals surface area contributed by atoms with Crippen molar-refractivity contribution >= 4 is 42.6 Å². The molecule has 4 nitrogen and oxygen atoms in total. The van der Waals surface area contributed by atoms with Gasteiger partial charge in [-0.1, -0.05) is 34.8 Å². The molecule has 0 heterocycles. The summed E-state index contributed by atoms with van der Waals surface area (Å²) < 4.78 is 27.3. The van der Waals surface area contributed by atoms with Crippen molar-refractivity contribution in [2.45, 2.75) is 13.8 Å². The van der Waals surface area contributed by atoms with Gasteiger partial charge >= 0.3 is 7.82 Å². The third-order valence-corrected chi connectivity index (χ3v) is 4.63. The molecule has 0 aliphatic carbocycles. The summed E-state index contributed by atoms with van der Waals surface area (Å²) in [6.07, 6.45) is 0. The normalized spacial score (nSPS) is 11.6. The standard InChI is InChI=1S/C10H12Cl3O4P/c1-3-15-18(14,16-4-2)17-8-6-5-7(11)9(12)10(8)13/h5-6H,3-4H2,1-2H3. The van der Waals surface area contributed by atoms with Crippen molar-refractivity contribution in [3.63, 3.8) is 0 Å². The zero-order valence-electron chi connectivity index (χ0n) is 9.78. The first-order valence-corrected chi connectivity index (χ1v) is 7.75. The molecule has 8 heteroatoms. The van der Waals surface area contributed by atoms with E-state index in [2.05, 4.69) is 0 Å². The first-order chi connectivity index (χ1) is 8.43. The Balaban J connectivity index is 3.01. The predicted octanol–water partition coefficient (Wildman–Crippen LogP) is 5.21. The Hall–Kier alpha value is 0.0400. The summed E-state index contributed by atoms with van der Waals surface area (Å²) in [5.74, 6) is 0.0938. The lowest BCUT2D eigenvalue weighted by molar-refractivity contribution is 0.167. The van der Waals surface area contributed by atoms with Crippen molar-refractivity contribution in [2.24, 2.45) is 0 Å². The van der Waals surface area contributed by atoms with E-state index in [1.54, 1.807) is 13.8 Å². The molecule has 1 aromatic rings. The van der Waals surface area contributed by atoms with Crippen LogP contribution in [0.25, 0.3) is 0 Å². The SMILES string of the molecule is CCOP(=O)(OCC)Oc1ccc(Cl)c(Cl)c1Cl. The van der Waals surface area contributed by atoms with E-state index < -0.39 is 7.82 Å². The Labute approximate surface area is 121 Å². The van der Waals surface area contributed by atoms with Crippen molar-refractivity contribution in [2.75, 3.05) is 13.2 Å². The second-order valence-electron chi connectivity index (χ2n) is 3.05. The number of phosphoric acid groups is 1. The van der Waals surface area contributed by atoms with Gasteiger partial charge in [0, 0.05) is 0 Å². The van der Waals surface area contributed by atoms with E-state index in [1.165, 1.54) is 12.1 Å². The van der Waals surface area contributed by atoms with Crippen LogP contribution in [0, 0.1) is 0 Å². The highest BCUT2D eigenvalue weighted by atomic mass is 35.5. The molecule has 0 N–H and O–H groups in total. The minimum atomic E-state index is -3.69. The maximum Gasteiger partial charge on any atom is 0.530 e. The Morgan fingerprint density at radius 2 is 1.61 bits per heavy atom. The van der Waals surface area contributed by atoms with E-state index in [-0.39, 0.29) is 34.0 Å². The lowest BCUT2D eigenvalue weighted by Crippen LogP contribution is -2.02. The Morgan fingerprint density at radius 3 is 2.11 bits per heavy atom. The summed E-state index contributed by atoms with van der Waals surface area (Å²) in [7, 11) is -3.69. The maximum absolute atomic E-state index is 12.1. The van der Waals surface area contributed by atoms with Crippen molar-refractivity contribution in [1.29, 1.82) is 0 Å². The van der Waals surface area contributed by atoms with Crippen molar-refractivity contribution in [1.82, 2.24) is 0 Å². The largest absolute Gasteiger partial charge is 0.530 e. The average molecular weight is 334 g/mol. The van der Waals surface area contributed by atoms with Crippen LogP contribution in [0.4, 0.5) is 0 Å². The molecule has 1 aromatic carbocycles. The summed E-state index contributed by atoms with van der Waals surface area (Å²) >= 11 is 17.6. The monoisotopic (exact) mass is 332 g/mol. The molecular weight excluding hydrogens is 321 g/mol. The van der Waals surface area contributed by atoms with E-state index in [0.29, 0.717) is 0 Å². The number of halogens is 3. The third kappa shape index (κ3) is 4.02. The second-order valence-corrected chi connectivity index (χ2v) is 5.80. The van der Waals surface area contributed by atoms with Gasteiger partial charge in [0.15, 0.2) is 5.75 Å². The minimum absolute atomic E-state index is 0.0591. The molecule has 18 heavy (non-hydrogen) atoms. The smallest absolute Gasteiger partial charge is 0.402 e. The van der Waals surface area contributed by atoms with Gasteiger partial charge in [-0.05, 0) is 26.0 Å². The highest BCUT2D eigenvalue weighted by Gasteiger charge is 2.29. The molecule has 102 valence electrons. The number of benzene rings is 1. The quantitative estimate of drug-likeness (QED) is 0.530. The van der Waals surface area contributed by atoms with Crippen LogP contribution in [0.15, 0.2) is 12.1 Å². The molecule has 0 amide bonds. The minimum Gasteiger partial charge on any atom is -0.402 e. The van der Waals surface area contributed by atoms with Gasteiger partial charge in [0.05, 0.1) is 23.3 Å². The predicted molar refractivity (Wildman–Crippen MR) is 73.0 cm³/mol. The third-order valence-electron chi connectivity index (χ3n) is 1.78. The van der Waals surface area contributed by atoms with Crippen LogP contribution in [-0.2, 0) is 13.6 Å². The van der Waals surface area contributed by atoms with Crippen LogP contribution in [0.1, 0.15) is 13.8 Å². The van der Waals surface area contributed by atoms with E-state index in [1.807, 2.05) is 0 Å². The van der Waals surface area contributed by atoms with Crippen molar-refractivity contribution in [3.8, 4) is 5.75 Å². The van der Waals surface area contributed by atoms with Crippen LogP contribution in [0.3, 0.4) is 0 Å². The number of hydrogen-bond donors (Lipinski definition) is 0. The summed E-state index contributed by atoms with van der Waals surface area (Å²) in [6, 6.07) is 2.93. The molecule has 0 saturated heterocycles. The van der Waals surface area contributed by atoms with Gasteiger partial charge in [-0.15, -0.1) is 0 Å². The molecule has 1 rings (SSSR count). The topological polar surface area (TPSA) is 44.8 Å². The number of hydrogen-bond acceptors (Lipinski definition) is 4. The summed E-state index contributed by atoms with van der Waals surface area (Å²) in [5.41, 5.74) is 0. The zero-order valence-corrected chi connectivity index (χ0v) is 12.9. The Kier molecular flexibility index (Phi) is 6.25. The number of rotatable bonds is 6. The highest BCUT2D eigenvalue weighted by molar-refractivity contribution is 7.48. The van der Waals surface area contributed by atoms with Crippen LogP contribution in [0.5, 0.6) is 5.75 Å². The van der Waals surface area contributed by atoms with Crippen LogP contribution >= 0.6 is 42.6 Å². The molecule has 0 aliphatic rings. The lowest BCUT2D eigenvalue weighted by atomic mass is 10.3. The van der Waals surface area contributed by atoms with E-state index in [0.717, 1.165) is 0 Å². The van der Waals surface area contributed by atoms with Crippen LogP contribution in [-0.4, -0.2) is 13.2 Å². The van der Waals surface area contributed by atoms with Crippen LogP contribution in [0.2, 0.25) is 15.1 Å². The van der Waals surface area contributed by atoms with Gasteiger partial charge in [-0.2, -0.15) is 0 Å². The molecule has 0 spiro atoms. The molecule has 0 unspecified atom stereocenters. The van der Waals surface area contributed by atoms with Crippen molar-refractivity contribution < 1.29 is 18.1 Å². The fraction of sp³-hybridized carbons (Fsp3) is 0.400. The molecule has 0 radical (unpaired) electrons. The van der Waals surface area contributed by atoms with Gasteiger partial charge in [-0.25, -0.2) is 4.57 Å². The second kappa shape index (κ2) is 6.99. The van der Waals surface area contributed by atoms with Crippen molar-refractivity contribution in [3.05, 3.63) is 27.2 Å². The first kappa shape index (κ1) is 16.1. The summed E-state index contributed by atoms with van der Waals surface area (Å²) in [6.45, 7) is 3.70. The van der Waals surface area contributed by atoms with Gasteiger partial charge < -0.3 is 4.52 Å². The fourth-order valence-corrected chi connectivity index (χ4v) is 2.93. The Bertz CT molecular complexity index is 457. The molecular formula is C10H12Cl3O4P. The lowest BCUT2D eigenvalue weighted by Gasteiger charge is -2.18. The van der Waals surface area contributed by atoms with E-state index in [9.17, 15) is 4.57 Å². The Morgan fingerprint density at radius 1 is 1.06 bits per heavy atom. The van der Waals surface area contributed by atoms with Gasteiger partial charge in [0.1, 0.15) is 5.02 Å². The first-order valence-electron chi connectivity index (χ1n) is 5.15. The van der Waals surface area contributed by atoms with E-state index in [4.69, 9.17) is 48.4 Å². The van der Waals surface area contributed by atoms with Gasteiger partial charge in [0.25, 0.3) is 0 Å². The molecule has 0 saturated carbocycles.